The normalized spacial score (nSPS) is 21.8. The van der Waals surface area contributed by atoms with Crippen molar-refractivity contribution in [2.24, 2.45) is 0 Å². The minimum absolute atomic E-state index is 0.140. The number of hydrogen-bond acceptors (Lipinski definition) is 5. The summed E-state index contributed by atoms with van der Waals surface area (Å²) in [4.78, 5) is 12.8. The van der Waals surface area contributed by atoms with Gasteiger partial charge in [0.2, 0.25) is 0 Å². The maximum absolute atomic E-state index is 12.8. The second-order valence-corrected chi connectivity index (χ2v) is 7.03. The second-order valence-electron chi connectivity index (χ2n) is 7.03. The van der Waals surface area contributed by atoms with Crippen LogP contribution >= 0.6 is 0 Å². The van der Waals surface area contributed by atoms with E-state index in [1.807, 2.05) is 19.1 Å². The number of hydrogen-bond donors (Lipinski definition) is 3. The molecule has 2 atom stereocenters. The Kier molecular flexibility index (Phi) is 4.30. The third-order valence-corrected chi connectivity index (χ3v) is 4.76. The maximum Gasteiger partial charge on any atom is 0.322 e. The summed E-state index contributed by atoms with van der Waals surface area (Å²) in [5.74, 6) is 0.862. The Morgan fingerprint density at radius 2 is 1.81 bits per heavy atom. The van der Waals surface area contributed by atoms with E-state index in [4.69, 9.17) is 9.47 Å². The van der Waals surface area contributed by atoms with Crippen LogP contribution in [0.4, 0.5) is 5.69 Å². The Balaban J connectivity index is 1.57. The quantitative estimate of drug-likeness (QED) is 0.791. The number of ether oxygens (including phenoxy) is 2. The van der Waals surface area contributed by atoms with E-state index in [0.717, 1.165) is 28.8 Å². The molecule has 26 heavy (non-hydrogen) atoms. The van der Waals surface area contributed by atoms with Gasteiger partial charge in [0, 0.05) is 17.8 Å². The van der Waals surface area contributed by atoms with Crippen LogP contribution < -0.4 is 25.6 Å². The highest BCUT2D eigenvalue weighted by Crippen LogP contribution is 2.36. The zero-order chi connectivity index (χ0) is 18.3. The van der Waals surface area contributed by atoms with Gasteiger partial charge in [-0.15, -0.1) is 0 Å². The molecular weight excluding hydrogens is 330 g/mol. The van der Waals surface area contributed by atoms with Gasteiger partial charge in [-0.25, -0.2) is 5.43 Å². The largest absolute Gasteiger partial charge is 0.442 e. The van der Waals surface area contributed by atoms with Gasteiger partial charge in [0.05, 0.1) is 0 Å². The predicted molar refractivity (Wildman–Crippen MR) is 99.1 cm³/mol. The molecule has 2 aromatic rings. The van der Waals surface area contributed by atoms with Crippen LogP contribution in [-0.4, -0.2) is 18.2 Å². The molecular formula is C20H23N3O3. The van der Waals surface area contributed by atoms with E-state index in [-0.39, 0.29) is 11.9 Å². The molecule has 0 radical (unpaired) electrons. The Morgan fingerprint density at radius 1 is 1.12 bits per heavy atom. The van der Waals surface area contributed by atoms with Crippen LogP contribution in [-0.2, 0) is 4.79 Å². The highest BCUT2D eigenvalue weighted by Gasteiger charge is 2.32. The number of amides is 1. The first kappa shape index (κ1) is 16.9. The summed E-state index contributed by atoms with van der Waals surface area (Å²) in [6.07, 6.45) is -0.0253. The van der Waals surface area contributed by atoms with E-state index < -0.39 is 6.29 Å². The lowest BCUT2D eigenvalue weighted by atomic mass is 9.96. The first-order valence-electron chi connectivity index (χ1n) is 8.86. The van der Waals surface area contributed by atoms with Crippen LogP contribution in [0, 0.1) is 13.8 Å². The first-order chi connectivity index (χ1) is 12.5. The maximum atomic E-state index is 12.8. The van der Waals surface area contributed by atoms with Gasteiger partial charge in [-0.2, -0.15) is 0 Å². The van der Waals surface area contributed by atoms with E-state index in [2.05, 4.69) is 42.1 Å². The van der Waals surface area contributed by atoms with E-state index in [1.54, 1.807) is 12.1 Å². The molecule has 0 saturated carbocycles. The number of carbonyl (C=O) groups is 1. The van der Waals surface area contributed by atoms with Crippen molar-refractivity contribution in [1.82, 2.24) is 10.9 Å². The second kappa shape index (κ2) is 6.63. The lowest BCUT2D eigenvalue weighted by Crippen LogP contribution is -2.35. The molecule has 2 aliphatic heterocycles. The van der Waals surface area contributed by atoms with Gasteiger partial charge in [-0.05, 0) is 50.5 Å². The van der Waals surface area contributed by atoms with Crippen LogP contribution in [0.3, 0.4) is 0 Å². The number of aryl methyl sites for hydroxylation is 2. The Morgan fingerprint density at radius 3 is 2.42 bits per heavy atom. The molecule has 2 aliphatic rings. The summed E-state index contributed by atoms with van der Waals surface area (Å²) in [6, 6.07) is 12.0. The summed E-state index contributed by atoms with van der Waals surface area (Å²) >= 11 is 0. The van der Waals surface area contributed by atoms with Gasteiger partial charge in [-0.3, -0.25) is 10.2 Å². The molecule has 2 heterocycles. The fourth-order valence-electron chi connectivity index (χ4n) is 3.55. The molecule has 136 valence electrons. The highest BCUT2D eigenvalue weighted by molar-refractivity contribution is 5.95. The zero-order valence-electron chi connectivity index (χ0n) is 15.1. The van der Waals surface area contributed by atoms with Gasteiger partial charge in [0.1, 0.15) is 0 Å². The van der Waals surface area contributed by atoms with Crippen molar-refractivity contribution in [3.8, 4) is 11.5 Å². The highest BCUT2D eigenvalue weighted by atomic mass is 16.7. The number of nitrogens with one attached hydrogen (secondary N) is 3. The standard InChI is InChI=1S/C20H23N3O3/c1-11-8-12(2)18(14(9-11)15-10-13(3)22-23-15)21-19(24)20-25-16-6-4-5-7-17(16)26-20/h4-9,13,15,20,22-23H,10H2,1-3H3,(H,21,24). The average Bonchev–Trinajstić information content (AvgIpc) is 3.23. The number of carbonyl (C=O) groups excluding carboxylic acids is 1. The molecule has 0 spiro atoms. The van der Waals surface area contributed by atoms with Crippen LogP contribution in [0.5, 0.6) is 11.5 Å². The number of rotatable bonds is 3. The molecule has 2 aromatic carbocycles. The monoisotopic (exact) mass is 353 g/mol. The molecule has 1 saturated heterocycles. The van der Waals surface area contributed by atoms with Crippen molar-refractivity contribution in [2.45, 2.75) is 45.6 Å². The van der Waals surface area contributed by atoms with Crippen LogP contribution in [0.2, 0.25) is 0 Å². The van der Waals surface area contributed by atoms with Gasteiger partial charge in [0.25, 0.3) is 0 Å². The fourth-order valence-corrected chi connectivity index (χ4v) is 3.55. The first-order valence-corrected chi connectivity index (χ1v) is 8.86. The summed E-state index contributed by atoms with van der Waals surface area (Å²) in [5.41, 5.74) is 10.6. The van der Waals surface area contributed by atoms with Crippen molar-refractivity contribution < 1.29 is 14.3 Å². The molecule has 0 bridgehead atoms. The van der Waals surface area contributed by atoms with Crippen LogP contribution in [0.1, 0.15) is 36.1 Å². The Hall–Kier alpha value is -2.57. The van der Waals surface area contributed by atoms with E-state index >= 15 is 0 Å². The lowest BCUT2D eigenvalue weighted by molar-refractivity contribution is -0.131. The van der Waals surface area contributed by atoms with Crippen LogP contribution in [0.15, 0.2) is 36.4 Å². The van der Waals surface area contributed by atoms with Crippen molar-refractivity contribution in [1.29, 1.82) is 0 Å². The number of benzene rings is 2. The van der Waals surface area contributed by atoms with Crippen LogP contribution in [0.25, 0.3) is 0 Å². The van der Waals surface area contributed by atoms with Gasteiger partial charge >= 0.3 is 12.2 Å². The summed E-state index contributed by atoms with van der Waals surface area (Å²) in [5, 5.41) is 3.02. The number of anilines is 1. The lowest BCUT2D eigenvalue weighted by Gasteiger charge is -2.20. The number of hydrazine groups is 1. The SMILES string of the molecule is Cc1cc(C)c(NC(=O)C2Oc3ccccc3O2)c(C2CC(C)NN2)c1. The third-order valence-electron chi connectivity index (χ3n) is 4.76. The van der Waals surface area contributed by atoms with Gasteiger partial charge in [-0.1, -0.05) is 29.8 Å². The summed E-state index contributed by atoms with van der Waals surface area (Å²) in [7, 11) is 0. The molecule has 0 aliphatic carbocycles. The molecule has 1 amide bonds. The molecule has 3 N–H and O–H groups in total. The minimum Gasteiger partial charge on any atom is -0.442 e. The fraction of sp³-hybridized carbons (Fsp3) is 0.350. The summed E-state index contributed by atoms with van der Waals surface area (Å²) in [6.45, 7) is 6.20. The van der Waals surface area contributed by atoms with Gasteiger partial charge in [0.15, 0.2) is 11.5 Å². The molecule has 0 aromatic heterocycles. The Labute approximate surface area is 152 Å². The van der Waals surface area contributed by atoms with Gasteiger partial charge < -0.3 is 14.8 Å². The molecule has 6 heteroatoms. The third kappa shape index (κ3) is 3.13. The number of para-hydroxylation sites is 2. The molecule has 6 nitrogen and oxygen atoms in total. The molecule has 4 rings (SSSR count). The number of fused-ring (bicyclic) bond motifs is 1. The minimum atomic E-state index is -0.977. The summed E-state index contributed by atoms with van der Waals surface area (Å²) < 4.78 is 11.2. The van der Waals surface area contributed by atoms with Crippen molar-refractivity contribution >= 4 is 11.6 Å². The van der Waals surface area contributed by atoms with Crippen molar-refractivity contribution in [3.05, 3.63) is 53.1 Å². The van der Waals surface area contributed by atoms with Crippen molar-refractivity contribution in [2.75, 3.05) is 5.32 Å². The smallest absolute Gasteiger partial charge is 0.322 e. The van der Waals surface area contributed by atoms with E-state index in [0.29, 0.717) is 17.5 Å². The molecule has 1 fully saturated rings. The topological polar surface area (TPSA) is 71.6 Å². The van der Waals surface area contributed by atoms with E-state index in [9.17, 15) is 4.79 Å². The molecule has 2 unspecified atom stereocenters. The van der Waals surface area contributed by atoms with E-state index in [1.165, 1.54) is 0 Å². The van der Waals surface area contributed by atoms with Crippen molar-refractivity contribution in [3.63, 3.8) is 0 Å². The Bertz CT molecular complexity index is 827. The predicted octanol–water partition coefficient (Wildman–Crippen LogP) is 2.97. The zero-order valence-corrected chi connectivity index (χ0v) is 15.1. The average molecular weight is 353 g/mol.